The molecule has 1 aromatic carbocycles. The number of rotatable bonds is 3. The van der Waals surface area contributed by atoms with Crippen molar-refractivity contribution >= 4 is 22.4 Å². The van der Waals surface area contributed by atoms with E-state index in [1.54, 1.807) is 6.07 Å². The Balaban J connectivity index is 0.00000161. The molecule has 0 radical (unpaired) electrons. The molecule has 0 saturated carbocycles. The minimum atomic E-state index is -3.58. The fraction of sp³-hybridized carbons (Fsp3) is 0.286. The van der Waals surface area contributed by atoms with Gasteiger partial charge in [-0.3, -0.25) is 0 Å². The van der Waals surface area contributed by atoms with Crippen molar-refractivity contribution < 1.29 is 12.8 Å². The summed E-state index contributed by atoms with van der Waals surface area (Å²) in [5.41, 5.74) is 7.18. The third-order valence-electron chi connectivity index (χ3n) is 3.65. The number of hydrogen-bond donors (Lipinski definition) is 1. The van der Waals surface area contributed by atoms with E-state index in [0.29, 0.717) is 13.1 Å². The summed E-state index contributed by atoms with van der Waals surface area (Å²) < 4.78 is 31.2. The predicted molar refractivity (Wildman–Crippen MR) is 81.9 cm³/mol. The van der Waals surface area contributed by atoms with Crippen LogP contribution in [0.1, 0.15) is 11.5 Å². The molecule has 7 heteroatoms. The van der Waals surface area contributed by atoms with Crippen molar-refractivity contribution in [2.24, 2.45) is 5.73 Å². The zero-order valence-corrected chi connectivity index (χ0v) is 12.9. The molecule has 1 fully saturated rings. The third kappa shape index (κ3) is 2.98. The van der Waals surface area contributed by atoms with Crippen molar-refractivity contribution in [2.45, 2.75) is 17.1 Å². The fourth-order valence-corrected chi connectivity index (χ4v) is 3.99. The molecule has 114 valence electrons. The largest absolute Gasteiger partial charge is 0.452 e. The molecule has 2 N–H and O–H groups in total. The van der Waals surface area contributed by atoms with Gasteiger partial charge in [0.15, 0.2) is 0 Å². The van der Waals surface area contributed by atoms with Crippen molar-refractivity contribution in [3.05, 3.63) is 54.3 Å². The maximum absolute atomic E-state index is 12.4. The molecule has 1 aliphatic heterocycles. The lowest BCUT2D eigenvalue weighted by Gasteiger charge is -2.15. The Morgan fingerprint density at radius 3 is 2.43 bits per heavy atom. The lowest BCUT2D eigenvalue weighted by molar-refractivity contribution is 0.408. The molecule has 0 bridgehead atoms. The number of nitrogens with two attached hydrogens (primary N) is 1. The standard InChI is InChI=1S/C14H16N2O3S.ClH/c15-13-10-16(20(17,18)14-7-4-8-19-14)9-12(13)11-5-2-1-3-6-11;/h1-8,12-13H,9-10,15H2;1H/t12-,13+;/m0./s1. The van der Waals surface area contributed by atoms with Gasteiger partial charge in [0.2, 0.25) is 5.09 Å². The summed E-state index contributed by atoms with van der Waals surface area (Å²) in [6, 6.07) is 12.6. The lowest BCUT2D eigenvalue weighted by atomic mass is 9.95. The van der Waals surface area contributed by atoms with Gasteiger partial charge in [-0.05, 0) is 17.7 Å². The van der Waals surface area contributed by atoms with Crippen LogP contribution in [0.2, 0.25) is 0 Å². The SMILES string of the molecule is Cl.N[C@@H]1CN(S(=O)(=O)c2ccco2)C[C@H]1c1ccccc1. The number of halogens is 1. The van der Waals surface area contributed by atoms with E-state index >= 15 is 0 Å². The van der Waals surface area contributed by atoms with Gasteiger partial charge in [-0.15, -0.1) is 12.4 Å². The molecule has 21 heavy (non-hydrogen) atoms. The van der Waals surface area contributed by atoms with Gasteiger partial charge in [0.1, 0.15) is 0 Å². The van der Waals surface area contributed by atoms with Crippen LogP contribution in [0.3, 0.4) is 0 Å². The molecular weight excluding hydrogens is 312 g/mol. The maximum atomic E-state index is 12.4. The second-order valence-corrected chi connectivity index (χ2v) is 6.80. The van der Waals surface area contributed by atoms with Crippen LogP contribution in [0.15, 0.2) is 58.2 Å². The molecule has 0 amide bonds. The highest BCUT2D eigenvalue weighted by Gasteiger charge is 2.39. The predicted octanol–water partition coefficient (Wildman–Crippen LogP) is 1.82. The quantitative estimate of drug-likeness (QED) is 0.932. The molecule has 3 rings (SSSR count). The van der Waals surface area contributed by atoms with Crippen molar-refractivity contribution in [1.82, 2.24) is 4.31 Å². The number of furan rings is 1. The average Bonchev–Trinajstić information content (AvgIpc) is 3.09. The first-order chi connectivity index (χ1) is 9.59. The summed E-state index contributed by atoms with van der Waals surface area (Å²) >= 11 is 0. The molecule has 1 saturated heterocycles. The van der Waals surface area contributed by atoms with E-state index in [9.17, 15) is 8.42 Å². The molecule has 1 aromatic heterocycles. The molecular formula is C14H17ClN2O3S. The van der Waals surface area contributed by atoms with Crippen LogP contribution in [0.25, 0.3) is 0 Å². The van der Waals surface area contributed by atoms with E-state index in [1.807, 2.05) is 30.3 Å². The molecule has 1 aliphatic rings. The van der Waals surface area contributed by atoms with E-state index in [0.717, 1.165) is 5.56 Å². The second kappa shape index (κ2) is 6.19. The maximum Gasteiger partial charge on any atom is 0.276 e. The normalized spacial score (nSPS) is 22.9. The van der Waals surface area contributed by atoms with Crippen molar-refractivity contribution in [1.29, 1.82) is 0 Å². The van der Waals surface area contributed by atoms with Gasteiger partial charge in [-0.25, -0.2) is 8.42 Å². The van der Waals surface area contributed by atoms with Crippen LogP contribution in [0, 0.1) is 0 Å². The first-order valence-corrected chi connectivity index (χ1v) is 7.87. The van der Waals surface area contributed by atoms with Crippen molar-refractivity contribution in [3.63, 3.8) is 0 Å². The zero-order chi connectivity index (χ0) is 14.2. The minimum absolute atomic E-state index is 0. The van der Waals surface area contributed by atoms with Crippen LogP contribution >= 0.6 is 12.4 Å². The van der Waals surface area contributed by atoms with Gasteiger partial charge in [0, 0.05) is 25.0 Å². The van der Waals surface area contributed by atoms with Gasteiger partial charge >= 0.3 is 0 Å². The Morgan fingerprint density at radius 1 is 1.10 bits per heavy atom. The monoisotopic (exact) mass is 328 g/mol. The average molecular weight is 329 g/mol. The van der Waals surface area contributed by atoms with E-state index in [4.69, 9.17) is 10.2 Å². The van der Waals surface area contributed by atoms with Gasteiger partial charge in [-0.2, -0.15) is 4.31 Å². The second-order valence-electron chi connectivity index (χ2n) is 4.94. The molecule has 0 unspecified atom stereocenters. The van der Waals surface area contributed by atoms with Crippen molar-refractivity contribution in [2.75, 3.05) is 13.1 Å². The molecule has 2 heterocycles. The van der Waals surface area contributed by atoms with Crippen LogP contribution in [-0.4, -0.2) is 31.9 Å². The van der Waals surface area contributed by atoms with E-state index in [-0.39, 0.29) is 29.5 Å². The molecule has 5 nitrogen and oxygen atoms in total. The molecule has 0 aliphatic carbocycles. The highest BCUT2D eigenvalue weighted by Crippen LogP contribution is 2.30. The van der Waals surface area contributed by atoms with Gasteiger partial charge < -0.3 is 10.2 Å². The number of benzene rings is 1. The first-order valence-electron chi connectivity index (χ1n) is 6.43. The Morgan fingerprint density at radius 2 is 1.81 bits per heavy atom. The Labute approximate surface area is 130 Å². The van der Waals surface area contributed by atoms with Gasteiger partial charge in [0.05, 0.1) is 6.26 Å². The van der Waals surface area contributed by atoms with Gasteiger partial charge in [-0.1, -0.05) is 30.3 Å². The molecule has 2 atom stereocenters. The summed E-state index contributed by atoms with van der Waals surface area (Å²) in [4.78, 5) is 0. The summed E-state index contributed by atoms with van der Waals surface area (Å²) in [7, 11) is -3.58. The summed E-state index contributed by atoms with van der Waals surface area (Å²) in [6.45, 7) is 0.691. The zero-order valence-electron chi connectivity index (χ0n) is 11.3. The Bertz CT molecular complexity index is 674. The number of nitrogens with zero attached hydrogens (tertiary/aromatic N) is 1. The summed E-state index contributed by atoms with van der Waals surface area (Å²) in [5.74, 6) is 0.0148. The van der Waals surface area contributed by atoms with E-state index in [1.165, 1.54) is 16.6 Å². The Kier molecular flexibility index (Phi) is 4.73. The van der Waals surface area contributed by atoms with Gasteiger partial charge in [0.25, 0.3) is 10.0 Å². The van der Waals surface area contributed by atoms with E-state index in [2.05, 4.69) is 0 Å². The topological polar surface area (TPSA) is 76.5 Å². The third-order valence-corrected chi connectivity index (χ3v) is 5.37. The van der Waals surface area contributed by atoms with Crippen LogP contribution in [-0.2, 0) is 10.0 Å². The molecule has 2 aromatic rings. The van der Waals surface area contributed by atoms with E-state index < -0.39 is 10.0 Å². The number of hydrogen-bond acceptors (Lipinski definition) is 4. The van der Waals surface area contributed by atoms with Crippen molar-refractivity contribution in [3.8, 4) is 0 Å². The Hall–Kier alpha value is -1.34. The minimum Gasteiger partial charge on any atom is -0.452 e. The van der Waals surface area contributed by atoms with Crippen LogP contribution in [0.5, 0.6) is 0 Å². The smallest absolute Gasteiger partial charge is 0.276 e. The first kappa shape index (κ1) is 16.0. The highest BCUT2D eigenvalue weighted by atomic mass is 35.5. The summed E-state index contributed by atoms with van der Waals surface area (Å²) in [6.07, 6.45) is 1.36. The van der Waals surface area contributed by atoms with Crippen LogP contribution < -0.4 is 5.73 Å². The lowest BCUT2D eigenvalue weighted by Crippen LogP contribution is -2.32. The molecule has 0 spiro atoms. The highest BCUT2D eigenvalue weighted by molar-refractivity contribution is 7.89. The fourth-order valence-electron chi connectivity index (χ4n) is 2.58. The number of sulfonamides is 1. The summed E-state index contributed by atoms with van der Waals surface area (Å²) in [5, 5.41) is -0.0292. The van der Waals surface area contributed by atoms with Crippen LogP contribution in [0.4, 0.5) is 0 Å².